The Balaban J connectivity index is 2.46. The maximum absolute atomic E-state index is 5.98. The van der Waals surface area contributed by atoms with Gasteiger partial charge in [-0.1, -0.05) is 48.6 Å². The topological polar surface area (TPSA) is 35.2 Å². The van der Waals surface area contributed by atoms with E-state index in [0.29, 0.717) is 6.54 Å². The predicted octanol–water partition coefficient (Wildman–Crippen LogP) is 2.76. The van der Waals surface area contributed by atoms with E-state index in [1.54, 1.807) is 7.11 Å². The van der Waals surface area contributed by atoms with Crippen LogP contribution in [-0.4, -0.2) is 13.7 Å². The lowest BCUT2D eigenvalue weighted by Crippen LogP contribution is -2.39. The van der Waals surface area contributed by atoms with Gasteiger partial charge in [0.2, 0.25) is 0 Å². The molecule has 0 bridgehead atoms. The zero-order valence-corrected chi connectivity index (χ0v) is 10.2. The number of hydrogen-bond acceptors (Lipinski definition) is 2. The second kappa shape index (κ2) is 5.30. The minimum Gasteiger partial charge on any atom is -0.367 e. The molecule has 1 atom stereocenters. The van der Waals surface area contributed by atoms with Crippen LogP contribution in [0.3, 0.4) is 0 Å². The fourth-order valence-corrected chi connectivity index (χ4v) is 2.34. The summed E-state index contributed by atoms with van der Waals surface area (Å²) in [7, 11) is 1.73. The summed E-state index contributed by atoms with van der Waals surface area (Å²) >= 11 is 0. The molecule has 0 spiro atoms. The molecule has 2 rings (SSSR count). The van der Waals surface area contributed by atoms with Crippen LogP contribution in [0.5, 0.6) is 0 Å². The second-order valence-electron chi connectivity index (χ2n) is 4.24. The third-order valence-corrected chi connectivity index (χ3v) is 3.34. The first-order valence-corrected chi connectivity index (χ1v) is 6.01. The molecule has 1 aromatic carbocycles. The van der Waals surface area contributed by atoms with Gasteiger partial charge in [-0.3, -0.25) is 0 Å². The van der Waals surface area contributed by atoms with Gasteiger partial charge in [0.1, 0.15) is 5.60 Å². The van der Waals surface area contributed by atoms with Gasteiger partial charge in [-0.15, -0.1) is 0 Å². The first kappa shape index (κ1) is 12.1. The Bertz CT molecular complexity index is 416. The Morgan fingerprint density at radius 1 is 1.24 bits per heavy atom. The summed E-state index contributed by atoms with van der Waals surface area (Å²) in [6, 6.07) is 10.2. The first-order valence-electron chi connectivity index (χ1n) is 6.01. The fourth-order valence-electron chi connectivity index (χ4n) is 2.34. The summed E-state index contributed by atoms with van der Waals surface area (Å²) < 4.78 is 5.77. The van der Waals surface area contributed by atoms with Crippen LogP contribution < -0.4 is 5.73 Å². The average molecular weight is 229 g/mol. The van der Waals surface area contributed by atoms with Crippen LogP contribution in [0, 0.1) is 0 Å². The number of rotatable bonds is 4. The molecular formula is C15H19NO. The SMILES string of the molecule is COC(CN)(C1=CCCC=C1)c1ccccc1. The minimum atomic E-state index is -0.502. The molecule has 2 heteroatoms. The number of hydrogen-bond donors (Lipinski definition) is 1. The van der Waals surface area contributed by atoms with E-state index in [9.17, 15) is 0 Å². The fraction of sp³-hybridized carbons (Fsp3) is 0.333. The van der Waals surface area contributed by atoms with E-state index in [1.807, 2.05) is 18.2 Å². The van der Waals surface area contributed by atoms with Crippen molar-refractivity contribution >= 4 is 0 Å². The summed E-state index contributed by atoms with van der Waals surface area (Å²) in [6.45, 7) is 0.448. The third-order valence-electron chi connectivity index (χ3n) is 3.34. The largest absolute Gasteiger partial charge is 0.367 e. The van der Waals surface area contributed by atoms with Crippen molar-refractivity contribution in [3.63, 3.8) is 0 Å². The number of allylic oxidation sites excluding steroid dienone is 2. The van der Waals surface area contributed by atoms with Gasteiger partial charge in [0.15, 0.2) is 0 Å². The van der Waals surface area contributed by atoms with E-state index in [-0.39, 0.29) is 0 Å². The molecule has 2 N–H and O–H groups in total. The van der Waals surface area contributed by atoms with Crippen LogP contribution in [0.15, 0.2) is 54.1 Å². The number of ether oxygens (including phenoxy) is 1. The summed E-state index contributed by atoms with van der Waals surface area (Å²) in [5, 5.41) is 0. The molecule has 1 aliphatic rings. The van der Waals surface area contributed by atoms with Crippen LogP contribution in [-0.2, 0) is 10.3 Å². The van der Waals surface area contributed by atoms with E-state index >= 15 is 0 Å². The lowest BCUT2D eigenvalue weighted by Gasteiger charge is -2.34. The lowest BCUT2D eigenvalue weighted by molar-refractivity contribution is 0.0288. The molecule has 0 saturated heterocycles. The number of benzene rings is 1. The molecule has 90 valence electrons. The van der Waals surface area contributed by atoms with Crippen LogP contribution in [0.1, 0.15) is 18.4 Å². The van der Waals surface area contributed by atoms with Crippen LogP contribution in [0.4, 0.5) is 0 Å². The molecule has 0 fully saturated rings. The highest BCUT2D eigenvalue weighted by Crippen LogP contribution is 2.34. The molecule has 0 heterocycles. The summed E-state index contributed by atoms with van der Waals surface area (Å²) in [5.74, 6) is 0. The minimum absolute atomic E-state index is 0.448. The highest BCUT2D eigenvalue weighted by atomic mass is 16.5. The molecule has 1 unspecified atom stereocenters. The van der Waals surface area contributed by atoms with E-state index in [2.05, 4.69) is 30.4 Å². The van der Waals surface area contributed by atoms with Crippen molar-refractivity contribution in [2.24, 2.45) is 5.73 Å². The first-order chi connectivity index (χ1) is 8.33. The molecule has 0 aromatic heterocycles. The van der Waals surface area contributed by atoms with Crippen molar-refractivity contribution in [1.82, 2.24) is 0 Å². The van der Waals surface area contributed by atoms with Gasteiger partial charge in [-0.05, 0) is 24.0 Å². The highest BCUT2D eigenvalue weighted by Gasteiger charge is 2.33. The zero-order valence-electron chi connectivity index (χ0n) is 10.2. The van der Waals surface area contributed by atoms with Crippen molar-refractivity contribution in [1.29, 1.82) is 0 Å². The molecule has 1 aliphatic carbocycles. The average Bonchev–Trinajstić information content (AvgIpc) is 2.43. The Kier molecular flexibility index (Phi) is 3.77. The van der Waals surface area contributed by atoms with E-state index in [0.717, 1.165) is 18.4 Å². The third kappa shape index (κ3) is 2.19. The molecule has 17 heavy (non-hydrogen) atoms. The van der Waals surface area contributed by atoms with E-state index in [4.69, 9.17) is 10.5 Å². The maximum atomic E-state index is 5.98. The van der Waals surface area contributed by atoms with Crippen LogP contribution in [0.2, 0.25) is 0 Å². The van der Waals surface area contributed by atoms with Crippen molar-refractivity contribution < 1.29 is 4.74 Å². The molecule has 0 saturated carbocycles. The summed E-state index contributed by atoms with van der Waals surface area (Å²) in [5.41, 5.74) is 7.76. The van der Waals surface area contributed by atoms with Gasteiger partial charge in [0.05, 0.1) is 0 Å². The van der Waals surface area contributed by atoms with Crippen molar-refractivity contribution in [3.05, 3.63) is 59.7 Å². The van der Waals surface area contributed by atoms with Crippen molar-refractivity contribution in [3.8, 4) is 0 Å². The van der Waals surface area contributed by atoms with Gasteiger partial charge in [0.25, 0.3) is 0 Å². The Morgan fingerprint density at radius 2 is 2.00 bits per heavy atom. The zero-order chi connectivity index (χ0) is 12.1. The predicted molar refractivity (Wildman–Crippen MR) is 70.6 cm³/mol. The maximum Gasteiger partial charge on any atom is 0.130 e. The Hall–Kier alpha value is -1.38. The van der Waals surface area contributed by atoms with Gasteiger partial charge < -0.3 is 10.5 Å². The van der Waals surface area contributed by atoms with E-state index in [1.165, 1.54) is 5.57 Å². The van der Waals surface area contributed by atoms with E-state index < -0.39 is 5.60 Å². The van der Waals surface area contributed by atoms with Gasteiger partial charge in [0, 0.05) is 13.7 Å². The van der Waals surface area contributed by atoms with Gasteiger partial charge >= 0.3 is 0 Å². The highest BCUT2D eigenvalue weighted by molar-refractivity contribution is 5.40. The lowest BCUT2D eigenvalue weighted by atomic mass is 9.83. The van der Waals surface area contributed by atoms with Crippen molar-refractivity contribution in [2.45, 2.75) is 18.4 Å². The molecule has 0 aliphatic heterocycles. The smallest absolute Gasteiger partial charge is 0.130 e. The number of methoxy groups -OCH3 is 1. The molecular weight excluding hydrogens is 210 g/mol. The Labute approximate surface area is 103 Å². The second-order valence-corrected chi connectivity index (χ2v) is 4.24. The monoisotopic (exact) mass is 229 g/mol. The summed E-state index contributed by atoms with van der Waals surface area (Å²) in [6.07, 6.45) is 8.70. The summed E-state index contributed by atoms with van der Waals surface area (Å²) in [4.78, 5) is 0. The number of nitrogens with two attached hydrogens (primary N) is 1. The molecule has 0 radical (unpaired) electrons. The Morgan fingerprint density at radius 3 is 2.53 bits per heavy atom. The molecule has 0 amide bonds. The quantitative estimate of drug-likeness (QED) is 0.861. The normalized spacial score (nSPS) is 18.6. The molecule has 2 nitrogen and oxygen atoms in total. The van der Waals surface area contributed by atoms with Crippen LogP contribution >= 0.6 is 0 Å². The van der Waals surface area contributed by atoms with Gasteiger partial charge in [-0.2, -0.15) is 0 Å². The van der Waals surface area contributed by atoms with Crippen molar-refractivity contribution in [2.75, 3.05) is 13.7 Å². The van der Waals surface area contributed by atoms with Crippen LogP contribution in [0.25, 0.3) is 0 Å². The molecule has 1 aromatic rings. The van der Waals surface area contributed by atoms with Gasteiger partial charge in [-0.25, -0.2) is 0 Å². The standard InChI is InChI=1S/C15H19NO/c1-17-15(12-16,13-8-4-2-5-9-13)14-10-6-3-7-11-14/h2,4-6,8-11H,3,7,12,16H2,1H3.